The van der Waals surface area contributed by atoms with Gasteiger partial charge in [-0.3, -0.25) is 0 Å². The molecule has 1 amide bonds. The molecular weight excluding hydrogens is 321 g/mol. The number of carbonyl (C=O) groups is 1. The maximum atomic E-state index is 11.3. The van der Waals surface area contributed by atoms with Crippen LogP contribution in [0.1, 0.15) is 42.8 Å². The Morgan fingerprint density at radius 3 is 2.40 bits per heavy atom. The summed E-state index contributed by atoms with van der Waals surface area (Å²) in [6.45, 7) is 7.65. The van der Waals surface area contributed by atoms with Gasteiger partial charge in [0.05, 0.1) is 0 Å². The molecule has 0 bridgehead atoms. The van der Waals surface area contributed by atoms with Crippen molar-refractivity contribution in [3.8, 4) is 11.5 Å². The van der Waals surface area contributed by atoms with E-state index in [-0.39, 0.29) is 11.1 Å². The van der Waals surface area contributed by atoms with Gasteiger partial charge in [0.25, 0.3) is 0 Å². The van der Waals surface area contributed by atoms with E-state index in [4.69, 9.17) is 10.3 Å². The van der Waals surface area contributed by atoms with Crippen LogP contribution >= 0.6 is 0 Å². The molecule has 104 valence electrons. The third kappa shape index (κ3) is 2.72. The van der Waals surface area contributed by atoms with Gasteiger partial charge in [-0.1, -0.05) is 0 Å². The Bertz CT molecular complexity index is 675. The van der Waals surface area contributed by atoms with Crippen molar-refractivity contribution in [3.05, 3.63) is 17.3 Å². The molecule has 0 aliphatic heterocycles. The van der Waals surface area contributed by atoms with E-state index in [1.807, 2.05) is 20.8 Å². The Labute approximate surface area is 124 Å². The number of nitrogens with two attached hydrogens (primary N) is 1. The zero-order valence-corrected chi connectivity index (χ0v) is 13.5. The first-order chi connectivity index (χ1) is 9.20. The van der Waals surface area contributed by atoms with E-state index in [1.54, 1.807) is 6.92 Å². The number of amides is 1. The fraction of sp³-hybridized carbons (Fsp3) is 0.417. The normalized spacial score (nSPS) is 11.7. The third-order valence-electron chi connectivity index (χ3n) is 2.56. The van der Waals surface area contributed by atoms with Crippen molar-refractivity contribution >= 4 is 27.2 Å². The Hall–Kier alpha value is -1.75. The molecule has 2 rings (SSSR count). The first kappa shape index (κ1) is 14.7. The second-order valence-electron chi connectivity index (χ2n) is 5.37. The molecule has 0 spiro atoms. The van der Waals surface area contributed by atoms with Gasteiger partial charge in [-0.2, -0.15) is 0 Å². The summed E-state index contributed by atoms with van der Waals surface area (Å²) in [5.74, 6) is 0.148. The second kappa shape index (κ2) is 4.98. The predicted octanol–water partition coefficient (Wildman–Crippen LogP) is 0.0252. The Balaban J connectivity index is 2.55. The van der Waals surface area contributed by atoms with Crippen LogP contribution in [0.3, 0.4) is 0 Å². The number of nitrogens with zero attached hydrogens (tertiary/aromatic N) is 4. The average Bonchev–Trinajstić information content (AvgIpc) is 2.77. The number of aromatic nitrogens is 4. The van der Waals surface area contributed by atoms with Gasteiger partial charge in [-0.05, 0) is 0 Å². The minimum atomic E-state index is -0.645. The van der Waals surface area contributed by atoms with Crippen LogP contribution in [0, 0.1) is 6.92 Å². The van der Waals surface area contributed by atoms with E-state index in [0.717, 1.165) is 0 Å². The van der Waals surface area contributed by atoms with E-state index < -0.39 is 5.91 Å². The molecule has 2 heterocycles. The van der Waals surface area contributed by atoms with Gasteiger partial charge in [-0.25, -0.2) is 0 Å². The van der Waals surface area contributed by atoms with Crippen molar-refractivity contribution in [3.63, 3.8) is 0 Å². The first-order valence-corrected chi connectivity index (χ1v) is 6.86. The predicted molar refractivity (Wildman–Crippen MR) is 72.7 cm³/mol. The van der Waals surface area contributed by atoms with Gasteiger partial charge < -0.3 is 0 Å². The first-order valence-electron chi connectivity index (χ1n) is 5.92. The van der Waals surface area contributed by atoms with E-state index >= 15 is 0 Å². The van der Waals surface area contributed by atoms with Gasteiger partial charge >= 0.3 is 124 Å². The number of primary amides is 1. The van der Waals surface area contributed by atoms with E-state index in [9.17, 15) is 4.79 Å². The SMILES string of the molecule is Cc1nc([As])c(C(N)=O)nc1-c1noc(C(C)(C)C)n1. The zero-order chi connectivity index (χ0) is 15.1. The molecule has 2 radical (unpaired) electrons. The molecule has 2 aromatic heterocycles. The van der Waals surface area contributed by atoms with Gasteiger partial charge in [-0.15, -0.1) is 0 Å². The monoisotopic (exact) mass is 335 g/mol. The van der Waals surface area contributed by atoms with E-state index in [1.165, 1.54) is 0 Å². The summed E-state index contributed by atoms with van der Waals surface area (Å²) in [6.07, 6.45) is 0. The second-order valence-corrected chi connectivity index (χ2v) is 6.26. The molecule has 2 aromatic rings. The van der Waals surface area contributed by atoms with Crippen LogP contribution in [0.4, 0.5) is 0 Å². The van der Waals surface area contributed by atoms with Crippen LogP contribution in [0.2, 0.25) is 0 Å². The summed E-state index contributed by atoms with van der Waals surface area (Å²) >= 11 is 2.17. The van der Waals surface area contributed by atoms with Crippen molar-refractivity contribution in [2.24, 2.45) is 5.73 Å². The van der Waals surface area contributed by atoms with Crippen LogP contribution in [0.5, 0.6) is 0 Å². The molecule has 0 aromatic carbocycles. The summed E-state index contributed by atoms with van der Waals surface area (Å²) in [4.78, 5) is 24.1. The molecule has 0 fully saturated rings. The molecule has 0 atom stereocenters. The van der Waals surface area contributed by atoms with Crippen molar-refractivity contribution in [1.29, 1.82) is 0 Å². The molecule has 0 unspecified atom stereocenters. The number of rotatable bonds is 2. The van der Waals surface area contributed by atoms with Crippen molar-refractivity contribution in [2.45, 2.75) is 33.1 Å². The van der Waals surface area contributed by atoms with Crippen molar-refractivity contribution < 1.29 is 9.32 Å². The molecular formula is C12H14AsN5O2. The molecule has 2 N–H and O–H groups in total. The quantitative estimate of drug-likeness (QED) is 0.776. The van der Waals surface area contributed by atoms with Gasteiger partial charge in [0.1, 0.15) is 0 Å². The molecule has 8 heteroatoms. The standard InChI is InChI=1S/C12H14AsN5O2/c1-5-6(16-7(9(14)19)8(13)15-5)10-17-11(20-18-10)12(2,3)4/h1-4H3,(H2,14,19). The Morgan fingerprint density at radius 1 is 1.25 bits per heavy atom. The summed E-state index contributed by atoms with van der Waals surface area (Å²) in [7, 11) is 0. The maximum absolute atomic E-state index is 11.3. The fourth-order valence-electron chi connectivity index (χ4n) is 1.51. The average molecular weight is 335 g/mol. The number of carbonyl (C=O) groups excluding carboxylic acids is 1. The van der Waals surface area contributed by atoms with Gasteiger partial charge in [0.15, 0.2) is 0 Å². The van der Waals surface area contributed by atoms with E-state index in [2.05, 4.69) is 37.0 Å². The Morgan fingerprint density at radius 2 is 1.90 bits per heavy atom. The number of hydrogen-bond donors (Lipinski definition) is 1. The number of aryl methyl sites for hydroxylation is 1. The summed E-state index contributed by atoms with van der Waals surface area (Å²) < 4.78 is 5.64. The van der Waals surface area contributed by atoms with Gasteiger partial charge in [0.2, 0.25) is 0 Å². The third-order valence-corrected chi connectivity index (χ3v) is 3.22. The molecule has 0 aliphatic rings. The molecule has 0 saturated heterocycles. The van der Waals surface area contributed by atoms with Gasteiger partial charge in [0, 0.05) is 0 Å². The minimum absolute atomic E-state index is 0.0905. The van der Waals surface area contributed by atoms with Crippen LogP contribution in [-0.4, -0.2) is 42.9 Å². The molecule has 7 nitrogen and oxygen atoms in total. The van der Waals surface area contributed by atoms with Crippen LogP contribution in [0.15, 0.2) is 4.52 Å². The topological polar surface area (TPSA) is 108 Å². The molecule has 0 aliphatic carbocycles. The summed E-state index contributed by atoms with van der Waals surface area (Å²) in [5.41, 5.74) is 6.10. The van der Waals surface area contributed by atoms with Crippen LogP contribution in [0.25, 0.3) is 11.5 Å². The van der Waals surface area contributed by atoms with Crippen LogP contribution in [-0.2, 0) is 5.41 Å². The number of hydrogen-bond acceptors (Lipinski definition) is 6. The summed E-state index contributed by atoms with van der Waals surface area (Å²) in [6, 6.07) is 0. The summed E-state index contributed by atoms with van der Waals surface area (Å²) in [5, 5.41) is 3.90. The zero-order valence-electron chi connectivity index (χ0n) is 11.6. The van der Waals surface area contributed by atoms with Crippen LogP contribution < -0.4 is 10.2 Å². The molecule has 0 saturated carbocycles. The van der Waals surface area contributed by atoms with Crippen molar-refractivity contribution in [2.75, 3.05) is 0 Å². The van der Waals surface area contributed by atoms with E-state index in [0.29, 0.717) is 27.6 Å². The fourth-order valence-corrected chi connectivity index (χ4v) is 2.16. The van der Waals surface area contributed by atoms with Crippen molar-refractivity contribution in [1.82, 2.24) is 20.1 Å². The molecule has 20 heavy (non-hydrogen) atoms. The Kier molecular flexibility index (Phi) is 3.65.